The van der Waals surface area contributed by atoms with Crippen LogP contribution < -0.4 is 5.32 Å². The Morgan fingerprint density at radius 2 is 2.28 bits per heavy atom. The number of nitrogens with zero attached hydrogens (tertiary/aromatic N) is 1. The standard InChI is InChI=1S/C14H26N2OS/c1-14(2,3)9-12-10-16-13(18-12)15-7-6-11-5-4-8-17-11/h11-12H,4-10H2,1-3H3,(H,15,16). The van der Waals surface area contributed by atoms with Crippen LogP contribution in [0.1, 0.15) is 46.5 Å². The summed E-state index contributed by atoms with van der Waals surface area (Å²) in [5.74, 6) is 0. The molecule has 0 aromatic rings. The van der Waals surface area contributed by atoms with Crippen LogP contribution in [-0.4, -0.2) is 36.2 Å². The number of aliphatic imine (C=N–C) groups is 1. The van der Waals surface area contributed by atoms with Crippen molar-refractivity contribution in [2.75, 3.05) is 19.7 Å². The first kappa shape index (κ1) is 14.2. The van der Waals surface area contributed by atoms with E-state index in [-0.39, 0.29) is 0 Å². The Morgan fingerprint density at radius 3 is 2.94 bits per heavy atom. The van der Waals surface area contributed by atoms with E-state index in [1.54, 1.807) is 0 Å². The monoisotopic (exact) mass is 270 g/mol. The van der Waals surface area contributed by atoms with Crippen LogP contribution in [0.2, 0.25) is 0 Å². The molecule has 0 aromatic carbocycles. The fourth-order valence-electron chi connectivity index (χ4n) is 2.52. The van der Waals surface area contributed by atoms with Gasteiger partial charge in [0.25, 0.3) is 0 Å². The molecule has 0 bridgehead atoms. The van der Waals surface area contributed by atoms with E-state index in [1.807, 2.05) is 11.8 Å². The first-order valence-corrected chi connectivity index (χ1v) is 7.97. The van der Waals surface area contributed by atoms with Crippen LogP contribution in [0.25, 0.3) is 0 Å². The van der Waals surface area contributed by atoms with Crippen molar-refractivity contribution in [3.8, 4) is 0 Å². The van der Waals surface area contributed by atoms with Gasteiger partial charge in [-0.25, -0.2) is 0 Å². The second-order valence-corrected chi connectivity index (χ2v) is 7.79. The van der Waals surface area contributed by atoms with Gasteiger partial charge in [-0.1, -0.05) is 32.5 Å². The number of amidine groups is 1. The predicted molar refractivity (Wildman–Crippen MR) is 79.3 cm³/mol. The summed E-state index contributed by atoms with van der Waals surface area (Å²) >= 11 is 1.92. The molecule has 2 aliphatic heterocycles. The molecular weight excluding hydrogens is 244 g/mol. The van der Waals surface area contributed by atoms with Gasteiger partial charge >= 0.3 is 0 Å². The van der Waals surface area contributed by atoms with E-state index in [1.165, 1.54) is 19.3 Å². The molecule has 0 spiro atoms. The maximum absolute atomic E-state index is 5.62. The molecule has 2 rings (SSSR count). The lowest BCUT2D eigenvalue weighted by molar-refractivity contribution is 0.105. The predicted octanol–water partition coefficient (Wildman–Crippen LogP) is 3.05. The summed E-state index contributed by atoms with van der Waals surface area (Å²) in [6.07, 6.45) is 5.29. The summed E-state index contributed by atoms with van der Waals surface area (Å²) in [7, 11) is 0. The summed E-state index contributed by atoms with van der Waals surface area (Å²) in [6, 6.07) is 0. The highest BCUT2D eigenvalue weighted by molar-refractivity contribution is 8.14. The van der Waals surface area contributed by atoms with E-state index in [4.69, 9.17) is 4.74 Å². The zero-order valence-corrected chi connectivity index (χ0v) is 12.7. The van der Waals surface area contributed by atoms with Gasteiger partial charge in [0.1, 0.15) is 0 Å². The van der Waals surface area contributed by atoms with Gasteiger partial charge in [0.2, 0.25) is 0 Å². The van der Waals surface area contributed by atoms with Gasteiger partial charge in [-0.05, 0) is 31.1 Å². The van der Waals surface area contributed by atoms with E-state index in [2.05, 4.69) is 31.1 Å². The van der Waals surface area contributed by atoms with Gasteiger partial charge in [-0.15, -0.1) is 0 Å². The molecule has 2 aliphatic rings. The maximum Gasteiger partial charge on any atom is 0.156 e. The van der Waals surface area contributed by atoms with Crippen molar-refractivity contribution in [3.05, 3.63) is 0 Å². The molecule has 0 aromatic heterocycles. The van der Waals surface area contributed by atoms with Crippen molar-refractivity contribution < 1.29 is 4.74 Å². The van der Waals surface area contributed by atoms with Crippen LogP contribution in [0.3, 0.4) is 0 Å². The van der Waals surface area contributed by atoms with E-state index >= 15 is 0 Å². The van der Waals surface area contributed by atoms with E-state index in [0.717, 1.165) is 31.3 Å². The lowest BCUT2D eigenvalue weighted by atomic mass is 9.90. The average Bonchev–Trinajstić information content (AvgIpc) is 2.88. The van der Waals surface area contributed by atoms with Crippen molar-refractivity contribution >= 4 is 16.9 Å². The number of hydrogen-bond donors (Lipinski definition) is 1. The first-order valence-electron chi connectivity index (χ1n) is 7.09. The van der Waals surface area contributed by atoms with Crippen molar-refractivity contribution in [3.63, 3.8) is 0 Å². The van der Waals surface area contributed by atoms with Crippen LogP contribution in [0.4, 0.5) is 0 Å². The summed E-state index contributed by atoms with van der Waals surface area (Å²) in [5, 5.41) is 5.26. The fraction of sp³-hybridized carbons (Fsp3) is 0.929. The van der Waals surface area contributed by atoms with Crippen LogP contribution in [0.5, 0.6) is 0 Å². The van der Waals surface area contributed by atoms with Crippen LogP contribution in [-0.2, 0) is 4.74 Å². The number of hydrogen-bond acceptors (Lipinski definition) is 4. The Morgan fingerprint density at radius 1 is 1.44 bits per heavy atom. The summed E-state index contributed by atoms with van der Waals surface area (Å²) in [6.45, 7) is 9.83. The Kier molecular flexibility index (Phi) is 4.96. The maximum atomic E-state index is 5.62. The third kappa shape index (κ3) is 4.81. The molecule has 1 N–H and O–H groups in total. The topological polar surface area (TPSA) is 33.6 Å². The highest BCUT2D eigenvalue weighted by atomic mass is 32.2. The lowest BCUT2D eigenvalue weighted by Crippen LogP contribution is -2.24. The number of rotatable bonds is 4. The van der Waals surface area contributed by atoms with Crippen LogP contribution >= 0.6 is 11.8 Å². The van der Waals surface area contributed by atoms with Crippen molar-refractivity contribution in [1.29, 1.82) is 0 Å². The zero-order chi connectivity index (χ0) is 13.0. The molecule has 104 valence electrons. The summed E-state index contributed by atoms with van der Waals surface area (Å²) < 4.78 is 5.62. The molecule has 2 heterocycles. The van der Waals surface area contributed by atoms with E-state index in [9.17, 15) is 0 Å². The molecule has 2 unspecified atom stereocenters. The van der Waals surface area contributed by atoms with Gasteiger partial charge in [-0.2, -0.15) is 0 Å². The quantitative estimate of drug-likeness (QED) is 0.852. The molecular formula is C14H26N2OS. The lowest BCUT2D eigenvalue weighted by Gasteiger charge is -2.21. The molecule has 1 fully saturated rings. The van der Waals surface area contributed by atoms with Crippen molar-refractivity contribution in [2.24, 2.45) is 10.4 Å². The summed E-state index contributed by atoms with van der Waals surface area (Å²) in [4.78, 5) is 4.59. The molecule has 0 amide bonds. The molecule has 4 heteroatoms. The number of ether oxygens (including phenoxy) is 1. The third-order valence-electron chi connectivity index (χ3n) is 3.32. The smallest absolute Gasteiger partial charge is 0.156 e. The number of nitrogens with one attached hydrogen (secondary N) is 1. The minimum Gasteiger partial charge on any atom is -0.378 e. The molecule has 2 atom stereocenters. The fourth-order valence-corrected chi connectivity index (χ4v) is 3.90. The normalized spacial score (nSPS) is 28.5. The van der Waals surface area contributed by atoms with E-state index < -0.39 is 0 Å². The zero-order valence-electron chi connectivity index (χ0n) is 11.9. The minimum atomic E-state index is 0.403. The van der Waals surface area contributed by atoms with Gasteiger partial charge in [0.15, 0.2) is 5.17 Å². The highest BCUT2D eigenvalue weighted by Crippen LogP contribution is 2.31. The van der Waals surface area contributed by atoms with Gasteiger partial charge in [0, 0.05) is 18.4 Å². The largest absolute Gasteiger partial charge is 0.378 e. The Balaban J connectivity index is 1.60. The molecule has 0 saturated carbocycles. The van der Waals surface area contributed by atoms with Crippen molar-refractivity contribution in [2.45, 2.75) is 57.8 Å². The SMILES string of the molecule is CC(C)(C)CC1CN=C(NCCC2CCCO2)S1. The van der Waals surface area contributed by atoms with E-state index in [0.29, 0.717) is 16.8 Å². The van der Waals surface area contributed by atoms with Crippen molar-refractivity contribution in [1.82, 2.24) is 5.32 Å². The first-order chi connectivity index (χ1) is 8.53. The van der Waals surface area contributed by atoms with Gasteiger partial charge in [-0.3, -0.25) is 4.99 Å². The highest BCUT2D eigenvalue weighted by Gasteiger charge is 2.25. The molecule has 3 nitrogen and oxygen atoms in total. The molecule has 18 heavy (non-hydrogen) atoms. The Labute approximate surface area is 115 Å². The minimum absolute atomic E-state index is 0.403. The van der Waals surface area contributed by atoms with Crippen LogP contribution in [0.15, 0.2) is 4.99 Å². The van der Waals surface area contributed by atoms with Gasteiger partial charge in [0.05, 0.1) is 12.6 Å². The second-order valence-electron chi connectivity index (χ2n) is 6.50. The summed E-state index contributed by atoms with van der Waals surface area (Å²) in [5.41, 5.74) is 0.403. The second kappa shape index (κ2) is 6.29. The third-order valence-corrected chi connectivity index (χ3v) is 4.47. The molecule has 0 aliphatic carbocycles. The van der Waals surface area contributed by atoms with Crippen LogP contribution in [0, 0.1) is 5.41 Å². The average molecular weight is 270 g/mol. The Hall–Kier alpha value is -0.220. The number of thioether (sulfide) groups is 1. The molecule has 0 radical (unpaired) electrons. The Bertz CT molecular complexity index is 293. The van der Waals surface area contributed by atoms with Gasteiger partial charge < -0.3 is 10.1 Å². The molecule has 1 saturated heterocycles.